The maximum absolute atomic E-state index is 10.8. The molecular formula is C9H13ClN2O2S. The maximum atomic E-state index is 10.8. The van der Waals surface area contributed by atoms with Gasteiger partial charge in [-0.25, -0.2) is 13.4 Å². The molecule has 0 bridgehead atoms. The summed E-state index contributed by atoms with van der Waals surface area (Å²) in [6, 6.07) is 3.64. The van der Waals surface area contributed by atoms with Crippen LogP contribution < -0.4 is 5.32 Å². The van der Waals surface area contributed by atoms with Crippen molar-refractivity contribution in [3.8, 4) is 0 Å². The molecule has 0 atom stereocenters. The molecule has 0 aliphatic rings. The van der Waals surface area contributed by atoms with Crippen LogP contribution in [0.5, 0.6) is 0 Å². The molecule has 0 aliphatic heterocycles. The summed E-state index contributed by atoms with van der Waals surface area (Å²) in [5.74, 6) is 0.130. The highest BCUT2D eigenvalue weighted by molar-refractivity contribution is 7.90. The molecule has 0 aromatic carbocycles. The molecular weight excluding hydrogens is 236 g/mol. The highest BCUT2D eigenvalue weighted by atomic mass is 35.5. The first kappa shape index (κ1) is 12.4. The highest BCUT2D eigenvalue weighted by Gasteiger charge is 2.02. The molecule has 0 saturated carbocycles. The smallest absolute Gasteiger partial charge is 0.148 e. The van der Waals surface area contributed by atoms with E-state index in [2.05, 4.69) is 10.3 Å². The van der Waals surface area contributed by atoms with Gasteiger partial charge in [0.1, 0.15) is 15.0 Å². The zero-order valence-electron chi connectivity index (χ0n) is 8.40. The van der Waals surface area contributed by atoms with Crippen molar-refractivity contribution in [3.63, 3.8) is 0 Å². The van der Waals surface area contributed by atoms with E-state index in [0.29, 0.717) is 18.2 Å². The van der Waals surface area contributed by atoms with Gasteiger partial charge in [-0.3, -0.25) is 0 Å². The first-order valence-electron chi connectivity index (χ1n) is 4.47. The van der Waals surface area contributed by atoms with Crippen molar-refractivity contribution in [3.05, 3.63) is 29.0 Å². The molecule has 84 valence electrons. The summed E-state index contributed by atoms with van der Waals surface area (Å²) in [5.41, 5.74) is 0.868. The maximum Gasteiger partial charge on any atom is 0.148 e. The van der Waals surface area contributed by atoms with Crippen LogP contribution in [0.15, 0.2) is 18.3 Å². The summed E-state index contributed by atoms with van der Waals surface area (Å²) in [5, 5.41) is 3.44. The summed E-state index contributed by atoms with van der Waals surface area (Å²) in [6.45, 7) is 0.951. The second kappa shape index (κ2) is 5.44. The molecule has 6 heteroatoms. The molecule has 4 nitrogen and oxygen atoms in total. The van der Waals surface area contributed by atoms with E-state index in [4.69, 9.17) is 11.6 Å². The molecule has 15 heavy (non-hydrogen) atoms. The fraction of sp³-hybridized carbons (Fsp3) is 0.444. The number of hydrogen-bond donors (Lipinski definition) is 1. The Morgan fingerprint density at radius 2 is 2.27 bits per heavy atom. The molecule has 1 heterocycles. The first-order chi connectivity index (χ1) is 6.99. The second-order valence-electron chi connectivity index (χ2n) is 3.26. The lowest BCUT2D eigenvalue weighted by Crippen LogP contribution is -2.22. The van der Waals surface area contributed by atoms with Crippen LogP contribution in [0.1, 0.15) is 5.56 Å². The van der Waals surface area contributed by atoms with Gasteiger partial charge >= 0.3 is 0 Å². The average molecular weight is 249 g/mol. The van der Waals surface area contributed by atoms with E-state index in [1.807, 2.05) is 6.07 Å². The van der Waals surface area contributed by atoms with Crippen LogP contribution in [0.2, 0.25) is 5.15 Å². The molecule has 1 N–H and O–H groups in total. The molecule has 0 fully saturated rings. The highest BCUT2D eigenvalue weighted by Crippen LogP contribution is 2.10. The third-order valence-corrected chi connectivity index (χ3v) is 3.09. The lowest BCUT2D eigenvalue weighted by atomic mass is 10.3. The average Bonchev–Trinajstić information content (AvgIpc) is 2.13. The van der Waals surface area contributed by atoms with Crippen LogP contribution in [-0.2, 0) is 16.4 Å². The Morgan fingerprint density at radius 3 is 2.87 bits per heavy atom. The van der Waals surface area contributed by atoms with Crippen LogP contribution in [-0.4, -0.2) is 32.0 Å². The molecule has 0 spiro atoms. The summed E-state index contributed by atoms with van der Waals surface area (Å²) in [4.78, 5) is 3.91. The van der Waals surface area contributed by atoms with Gasteiger partial charge in [-0.2, -0.15) is 0 Å². The van der Waals surface area contributed by atoms with Gasteiger partial charge in [0.25, 0.3) is 0 Å². The molecule has 0 amide bonds. The Kier molecular flexibility index (Phi) is 4.50. The lowest BCUT2D eigenvalue weighted by molar-refractivity contribution is 0.596. The van der Waals surface area contributed by atoms with Gasteiger partial charge in [-0.05, 0) is 6.07 Å². The van der Waals surface area contributed by atoms with Gasteiger partial charge in [-0.1, -0.05) is 17.7 Å². The number of sulfone groups is 1. The predicted octanol–water partition coefficient (Wildman–Crippen LogP) is 0.869. The minimum atomic E-state index is -2.90. The van der Waals surface area contributed by atoms with Crippen LogP contribution in [0.3, 0.4) is 0 Å². The van der Waals surface area contributed by atoms with Crippen molar-refractivity contribution in [2.45, 2.75) is 6.54 Å². The van der Waals surface area contributed by atoms with Crippen LogP contribution >= 0.6 is 11.6 Å². The number of aromatic nitrogens is 1. The van der Waals surface area contributed by atoms with Crippen molar-refractivity contribution in [2.75, 3.05) is 18.6 Å². The third kappa shape index (κ3) is 5.11. The molecule has 0 unspecified atom stereocenters. The quantitative estimate of drug-likeness (QED) is 0.621. The molecule has 0 radical (unpaired) electrons. The van der Waals surface area contributed by atoms with E-state index in [1.165, 1.54) is 6.26 Å². The summed E-state index contributed by atoms with van der Waals surface area (Å²) in [6.07, 6.45) is 2.83. The SMILES string of the molecule is CS(=O)(=O)CCNCc1cccnc1Cl. The van der Waals surface area contributed by atoms with Gasteiger partial charge in [0.2, 0.25) is 0 Å². The molecule has 1 aromatic rings. The van der Waals surface area contributed by atoms with Crippen LogP contribution in [0.4, 0.5) is 0 Å². The molecule has 1 aromatic heterocycles. The van der Waals surface area contributed by atoms with E-state index >= 15 is 0 Å². The summed E-state index contributed by atoms with van der Waals surface area (Å²) in [7, 11) is -2.90. The van der Waals surface area contributed by atoms with Crippen LogP contribution in [0.25, 0.3) is 0 Å². The first-order valence-corrected chi connectivity index (χ1v) is 6.91. The zero-order chi connectivity index (χ0) is 11.3. The Bertz CT molecular complexity index is 420. The Labute approximate surface area is 94.6 Å². The summed E-state index contributed by atoms with van der Waals surface area (Å²) < 4.78 is 21.7. The third-order valence-electron chi connectivity index (χ3n) is 1.80. The van der Waals surface area contributed by atoms with E-state index < -0.39 is 9.84 Å². The van der Waals surface area contributed by atoms with Crippen molar-refractivity contribution in [1.29, 1.82) is 0 Å². The number of nitrogens with one attached hydrogen (secondary N) is 1. The number of nitrogens with zero attached hydrogens (tertiary/aromatic N) is 1. The summed E-state index contributed by atoms with van der Waals surface area (Å²) >= 11 is 5.82. The van der Waals surface area contributed by atoms with Gasteiger partial charge < -0.3 is 5.32 Å². The number of rotatable bonds is 5. The van der Waals surface area contributed by atoms with E-state index in [9.17, 15) is 8.42 Å². The van der Waals surface area contributed by atoms with Gasteiger partial charge in [0.05, 0.1) is 5.75 Å². The fourth-order valence-corrected chi connectivity index (χ4v) is 1.73. The Morgan fingerprint density at radius 1 is 1.53 bits per heavy atom. The Hall–Kier alpha value is -0.650. The zero-order valence-corrected chi connectivity index (χ0v) is 9.98. The van der Waals surface area contributed by atoms with Crippen LogP contribution in [0, 0.1) is 0 Å². The van der Waals surface area contributed by atoms with E-state index in [1.54, 1.807) is 12.3 Å². The number of hydrogen-bond acceptors (Lipinski definition) is 4. The van der Waals surface area contributed by atoms with Gasteiger partial charge in [0.15, 0.2) is 0 Å². The van der Waals surface area contributed by atoms with Crippen molar-refractivity contribution in [1.82, 2.24) is 10.3 Å². The minimum Gasteiger partial charge on any atom is -0.312 e. The molecule has 1 rings (SSSR count). The second-order valence-corrected chi connectivity index (χ2v) is 5.88. The fourth-order valence-electron chi connectivity index (χ4n) is 1.03. The van der Waals surface area contributed by atoms with Crippen molar-refractivity contribution >= 4 is 21.4 Å². The standard InChI is InChI=1S/C9H13ClN2O2S/c1-15(13,14)6-5-11-7-8-3-2-4-12-9(8)10/h2-4,11H,5-7H2,1H3. The van der Waals surface area contributed by atoms with Crippen molar-refractivity contribution in [2.24, 2.45) is 0 Å². The van der Waals surface area contributed by atoms with E-state index in [0.717, 1.165) is 5.56 Å². The molecule has 0 saturated heterocycles. The number of halogens is 1. The largest absolute Gasteiger partial charge is 0.312 e. The normalized spacial score (nSPS) is 11.6. The monoisotopic (exact) mass is 248 g/mol. The van der Waals surface area contributed by atoms with Gasteiger partial charge in [0, 0.05) is 31.1 Å². The number of pyridine rings is 1. The van der Waals surface area contributed by atoms with E-state index in [-0.39, 0.29) is 5.75 Å². The predicted molar refractivity (Wildman–Crippen MR) is 60.7 cm³/mol. The van der Waals surface area contributed by atoms with Gasteiger partial charge in [-0.15, -0.1) is 0 Å². The molecule has 0 aliphatic carbocycles. The minimum absolute atomic E-state index is 0.130. The Balaban J connectivity index is 2.36. The topological polar surface area (TPSA) is 59.1 Å². The van der Waals surface area contributed by atoms with Crippen molar-refractivity contribution < 1.29 is 8.42 Å². The lowest BCUT2D eigenvalue weighted by Gasteiger charge is -2.04.